The molecule has 1 aromatic heterocycles. The van der Waals surface area contributed by atoms with Gasteiger partial charge in [-0.2, -0.15) is 0 Å². The number of carbonyl (C=O) groups is 1. The van der Waals surface area contributed by atoms with Crippen molar-refractivity contribution in [3.8, 4) is 5.75 Å². The van der Waals surface area contributed by atoms with E-state index in [9.17, 15) is 13.2 Å². The van der Waals surface area contributed by atoms with Gasteiger partial charge in [0, 0.05) is 22.6 Å². The number of thiophene rings is 1. The fraction of sp³-hybridized carbons (Fsp3) is 0.292. The van der Waals surface area contributed by atoms with Crippen LogP contribution in [0.1, 0.15) is 48.1 Å². The summed E-state index contributed by atoms with van der Waals surface area (Å²) in [6.45, 7) is 4.71. The molecule has 1 N–H and O–H groups in total. The predicted octanol–water partition coefficient (Wildman–Crippen LogP) is 5.54. The van der Waals surface area contributed by atoms with Gasteiger partial charge in [-0.05, 0) is 43.2 Å². The van der Waals surface area contributed by atoms with E-state index >= 15 is 0 Å². The monoisotopic (exact) mass is 455 g/mol. The highest BCUT2D eigenvalue weighted by atomic mass is 32.2. The van der Waals surface area contributed by atoms with Crippen molar-refractivity contribution in [2.75, 3.05) is 11.9 Å². The van der Waals surface area contributed by atoms with Crippen LogP contribution in [0.5, 0.6) is 5.75 Å². The molecule has 1 atom stereocenters. The quantitative estimate of drug-likeness (QED) is 0.475. The van der Waals surface area contributed by atoms with E-state index in [2.05, 4.69) is 12.2 Å². The second kappa shape index (κ2) is 8.85. The van der Waals surface area contributed by atoms with E-state index in [0.717, 1.165) is 34.6 Å². The molecular weight excluding hydrogens is 430 g/mol. The number of fused-ring (bicyclic) bond motifs is 1. The van der Waals surface area contributed by atoms with Gasteiger partial charge in [0.2, 0.25) is 15.7 Å². The molecule has 0 saturated heterocycles. The van der Waals surface area contributed by atoms with Gasteiger partial charge in [0.15, 0.2) is 0 Å². The fourth-order valence-corrected chi connectivity index (χ4v) is 6.55. The van der Waals surface area contributed by atoms with Crippen molar-refractivity contribution in [2.45, 2.75) is 48.8 Å². The Hall–Kier alpha value is -2.64. The van der Waals surface area contributed by atoms with Crippen LogP contribution in [0.3, 0.4) is 0 Å². The molecule has 3 aromatic rings. The number of unbranched alkanes of at least 4 members (excludes halogenated alkanes) is 1. The smallest absolute Gasteiger partial charge is 0.225 e. The Bertz CT molecular complexity index is 1180. The average molecular weight is 456 g/mol. The van der Waals surface area contributed by atoms with Gasteiger partial charge >= 0.3 is 0 Å². The first-order valence-corrected chi connectivity index (χ1v) is 12.7. The molecule has 0 aliphatic carbocycles. The third-order valence-corrected chi connectivity index (χ3v) is 8.47. The lowest BCUT2D eigenvalue weighted by atomic mass is 9.90. The van der Waals surface area contributed by atoms with Crippen molar-refractivity contribution >= 4 is 32.8 Å². The highest BCUT2D eigenvalue weighted by Gasteiger charge is 2.34. The molecule has 2 aromatic carbocycles. The molecular formula is C24H25NO4S2. The van der Waals surface area contributed by atoms with Crippen LogP contribution in [0.15, 0.2) is 63.7 Å². The highest BCUT2D eigenvalue weighted by molar-refractivity contribution is 7.91. The van der Waals surface area contributed by atoms with Gasteiger partial charge in [0.25, 0.3) is 0 Å². The number of ether oxygens (including phenoxy) is 1. The first-order valence-electron chi connectivity index (χ1n) is 10.4. The van der Waals surface area contributed by atoms with E-state index in [1.807, 2.05) is 31.2 Å². The van der Waals surface area contributed by atoms with Crippen LogP contribution in [0.2, 0.25) is 0 Å². The van der Waals surface area contributed by atoms with Crippen molar-refractivity contribution in [2.24, 2.45) is 0 Å². The largest absolute Gasteiger partial charge is 0.494 e. The van der Waals surface area contributed by atoms with Crippen LogP contribution in [0, 0.1) is 6.92 Å². The molecule has 1 aliphatic rings. The first kappa shape index (κ1) is 21.6. The first-order chi connectivity index (χ1) is 14.9. The summed E-state index contributed by atoms with van der Waals surface area (Å²) in [5, 5.41) is 4.45. The normalized spacial score (nSPS) is 15.9. The molecule has 1 unspecified atom stereocenters. The minimum Gasteiger partial charge on any atom is -0.494 e. The molecule has 5 nitrogen and oxygen atoms in total. The molecule has 1 aliphatic heterocycles. The lowest BCUT2D eigenvalue weighted by Gasteiger charge is -2.24. The SMILES string of the molecule is CCCCOc1ccc(C2CC(=O)Nc3c(S(=O)(=O)c4ccc(C)cc4)csc32)cc1. The lowest BCUT2D eigenvalue weighted by molar-refractivity contribution is -0.116. The van der Waals surface area contributed by atoms with Crippen molar-refractivity contribution in [1.82, 2.24) is 0 Å². The van der Waals surface area contributed by atoms with Gasteiger partial charge in [0.1, 0.15) is 10.6 Å². The number of rotatable bonds is 7. The summed E-state index contributed by atoms with van der Waals surface area (Å²) < 4.78 is 32.2. The van der Waals surface area contributed by atoms with E-state index in [-0.39, 0.29) is 28.0 Å². The minimum absolute atomic E-state index is 0.161. The molecule has 2 heterocycles. The van der Waals surface area contributed by atoms with Crippen molar-refractivity contribution in [3.63, 3.8) is 0 Å². The van der Waals surface area contributed by atoms with Gasteiger partial charge < -0.3 is 10.1 Å². The Labute approximate surface area is 187 Å². The fourth-order valence-electron chi connectivity index (χ4n) is 3.65. The van der Waals surface area contributed by atoms with Gasteiger partial charge in [-0.1, -0.05) is 43.2 Å². The Kier molecular flexibility index (Phi) is 6.16. The van der Waals surface area contributed by atoms with Crippen molar-refractivity contribution in [3.05, 3.63) is 69.9 Å². The van der Waals surface area contributed by atoms with Crippen LogP contribution >= 0.6 is 11.3 Å². The summed E-state index contributed by atoms with van der Waals surface area (Å²) in [6, 6.07) is 14.5. The number of carbonyl (C=O) groups excluding carboxylic acids is 1. The standard InChI is InChI=1S/C24H25NO4S2/c1-3-4-13-29-18-9-7-17(8-10-18)20-14-22(26)25-23-21(15-30-24(20)23)31(27,28)19-11-5-16(2)6-12-19/h5-12,15,20H,3-4,13-14H2,1-2H3,(H,25,26). The maximum atomic E-state index is 13.2. The van der Waals surface area contributed by atoms with Crippen LogP contribution in [-0.4, -0.2) is 20.9 Å². The van der Waals surface area contributed by atoms with Crippen molar-refractivity contribution in [1.29, 1.82) is 0 Å². The van der Waals surface area contributed by atoms with Gasteiger partial charge in [0.05, 0.1) is 17.2 Å². The van der Waals surface area contributed by atoms with Crippen LogP contribution in [0.4, 0.5) is 5.69 Å². The lowest BCUT2D eigenvalue weighted by Crippen LogP contribution is -2.23. The van der Waals surface area contributed by atoms with E-state index in [1.54, 1.807) is 29.6 Å². The number of hydrogen-bond acceptors (Lipinski definition) is 5. The zero-order chi connectivity index (χ0) is 22.0. The van der Waals surface area contributed by atoms with E-state index in [1.165, 1.54) is 11.3 Å². The third-order valence-electron chi connectivity index (χ3n) is 5.43. The van der Waals surface area contributed by atoms with Crippen LogP contribution < -0.4 is 10.1 Å². The Balaban J connectivity index is 1.66. The molecule has 4 rings (SSSR count). The molecule has 7 heteroatoms. The molecule has 31 heavy (non-hydrogen) atoms. The molecule has 0 radical (unpaired) electrons. The number of aryl methyl sites for hydroxylation is 1. The summed E-state index contributed by atoms with van der Waals surface area (Å²) in [4.78, 5) is 13.7. The van der Waals surface area contributed by atoms with Gasteiger partial charge in [-0.3, -0.25) is 4.79 Å². The Morgan fingerprint density at radius 1 is 1.10 bits per heavy atom. The number of anilines is 1. The van der Waals surface area contributed by atoms with E-state index in [4.69, 9.17) is 4.74 Å². The zero-order valence-electron chi connectivity index (χ0n) is 17.6. The summed E-state index contributed by atoms with van der Waals surface area (Å²) in [6.07, 6.45) is 2.36. The summed E-state index contributed by atoms with van der Waals surface area (Å²) in [5.74, 6) is 0.437. The van der Waals surface area contributed by atoms with Crippen LogP contribution in [-0.2, 0) is 14.6 Å². The minimum atomic E-state index is -3.73. The summed E-state index contributed by atoms with van der Waals surface area (Å²) in [7, 11) is -3.73. The van der Waals surface area contributed by atoms with E-state index in [0.29, 0.717) is 12.3 Å². The number of amides is 1. The number of benzene rings is 2. The molecule has 0 saturated carbocycles. The average Bonchev–Trinajstić information content (AvgIpc) is 3.19. The molecule has 1 amide bonds. The van der Waals surface area contributed by atoms with Gasteiger partial charge in [-0.25, -0.2) is 8.42 Å². The zero-order valence-corrected chi connectivity index (χ0v) is 19.2. The van der Waals surface area contributed by atoms with Crippen molar-refractivity contribution < 1.29 is 17.9 Å². The van der Waals surface area contributed by atoms with E-state index < -0.39 is 9.84 Å². The second-order valence-corrected chi connectivity index (χ2v) is 10.6. The highest BCUT2D eigenvalue weighted by Crippen LogP contribution is 2.46. The summed E-state index contributed by atoms with van der Waals surface area (Å²) in [5.41, 5.74) is 2.37. The maximum absolute atomic E-state index is 13.2. The summed E-state index contributed by atoms with van der Waals surface area (Å²) >= 11 is 1.38. The molecule has 0 fully saturated rings. The molecule has 0 spiro atoms. The second-order valence-electron chi connectivity index (χ2n) is 7.73. The molecule has 162 valence electrons. The maximum Gasteiger partial charge on any atom is 0.225 e. The third kappa shape index (κ3) is 4.38. The van der Waals surface area contributed by atoms with Gasteiger partial charge in [-0.15, -0.1) is 11.3 Å². The topological polar surface area (TPSA) is 72.5 Å². The Morgan fingerprint density at radius 3 is 2.48 bits per heavy atom. The predicted molar refractivity (Wildman–Crippen MR) is 123 cm³/mol. The number of hydrogen-bond donors (Lipinski definition) is 1. The van der Waals surface area contributed by atoms with Crippen LogP contribution in [0.25, 0.3) is 0 Å². The number of sulfone groups is 1. The number of nitrogens with one attached hydrogen (secondary N) is 1. The molecule has 0 bridgehead atoms. The Morgan fingerprint density at radius 2 is 1.81 bits per heavy atom.